The first kappa shape index (κ1) is 22.7. The SMILES string of the molecule is [2H]C1([2H])N(C(=O)Nc2cc3ncccc3c3c2C(c2cc(F)ccc2Cl)NC3=O)c2ccccc2C1(O)C(F)(F)F. The molecule has 2 aliphatic rings. The van der Waals surface area contributed by atoms with Crippen molar-refractivity contribution in [3.63, 3.8) is 0 Å². The van der Waals surface area contributed by atoms with E-state index in [9.17, 15) is 32.3 Å². The highest BCUT2D eigenvalue weighted by Gasteiger charge is 2.61. The number of carbonyl (C=O) groups is 2. The Morgan fingerprint density at radius 1 is 1.21 bits per heavy atom. The standard InChI is InChI=1S/C27H17ClF4N4O3/c28-17-8-7-13(29)10-15(17)23-22-19(11-18-14(4-3-9-33-18)21(22)24(37)35-23)34-25(38)36-12-26(39,27(30,31)32)16-5-1-2-6-20(16)36/h1-11,23,39H,12H2,(H,34,38)(H,35,37)/i12D2. The van der Waals surface area contributed by atoms with Gasteiger partial charge in [0.25, 0.3) is 5.91 Å². The van der Waals surface area contributed by atoms with Gasteiger partial charge in [-0.1, -0.05) is 35.9 Å². The first-order valence-corrected chi connectivity index (χ1v) is 11.8. The van der Waals surface area contributed by atoms with Gasteiger partial charge >= 0.3 is 12.2 Å². The van der Waals surface area contributed by atoms with Crippen molar-refractivity contribution in [3.05, 3.63) is 100.0 Å². The van der Waals surface area contributed by atoms with Crippen LogP contribution in [-0.4, -0.2) is 34.7 Å². The average molecular weight is 559 g/mol. The number of nitrogens with one attached hydrogen (secondary N) is 2. The van der Waals surface area contributed by atoms with E-state index in [4.69, 9.17) is 14.3 Å². The van der Waals surface area contributed by atoms with Crippen molar-refractivity contribution < 1.29 is 35.0 Å². The van der Waals surface area contributed by atoms with Crippen molar-refractivity contribution in [2.75, 3.05) is 16.7 Å². The van der Waals surface area contributed by atoms with Crippen LogP contribution in [0.1, 0.15) is 35.8 Å². The van der Waals surface area contributed by atoms with Gasteiger partial charge in [0.2, 0.25) is 5.60 Å². The predicted molar refractivity (Wildman–Crippen MR) is 135 cm³/mol. The summed E-state index contributed by atoms with van der Waals surface area (Å²) in [6.07, 6.45) is -4.07. The Morgan fingerprint density at radius 2 is 1.97 bits per heavy atom. The van der Waals surface area contributed by atoms with E-state index in [2.05, 4.69) is 15.6 Å². The van der Waals surface area contributed by atoms with Crippen molar-refractivity contribution in [2.45, 2.75) is 17.8 Å². The normalized spacial score (nSPS) is 22.2. The number of rotatable bonds is 2. The molecule has 39 heavy (non-hydrogen) atoms. The fourth-order valence-corrected chi connectivity index (χ4v) is 5.16. The second kappa shape index (κ2) is 8.65. The molecule has 3 heterocycles. The Hall–Kier alpha value is -4.22. The summed E-state index contributed by atoms with van der Waals surface area (Å²) < 4.78 is 73.3. The van der Waals surface area contributed by atoms with E-state index in [0.29, 0.717) is 5.39 Å². The molecule has 6 rings (SSSR count). The molecule has 12 heteroatoms. The zero-order valence-electron chi connectivity index (χ0n) is 21.5. The molecule has 0 saturated carbocycles. The number of hydrogen-bond acceptors (Lipinski definition) is 4. The van der Waals surface area contributed by atoms with Gasteiger partial charge in [-0.25, -0.2) is 9.18 Å². The lowest BCUT2D eigenvalue weighted by Gasteiger charge is -2.27. The van der Waals surface area contributed by atoms with Crippen LogP contribution in [0.4, 0.5) is 33.7 Å². The van der Waals surface area contributed by atoms with Crippen molar-refractivity contribution in [3.8, 4) is 0 Å². The minimum Gasteiger partial charge on any atom is -0.375 e. The molecule has 0 fully saturated rings. The first-order valence-electron chi connectivity index (χ1n) is 12.4. The van der Waals surface area contributed by atoms with E-state index in [-0.39, 0.29) is 37.8 Å². The van der Waals surface area contributed by atoms with Crippen LogP contribution in [0.2, 0.25) is 5.02 Å². The van der Waals surface area contributed by atoms with E-state index in [1.165, 1.54) is 30.5 Å². The number of amides is 3. The van der Waals surface area contributed by atoms with E-state index in [0.717, 1.165) is 24.3 Å². The second-order valence-corrected chi connectivity index (χ2v) is 9.37. The number of alkyl halides is 3. The van der Waals surface area contributed by atoms with Gasteiger partial charge in [-0.15, -0.1) is 0 Å². The molecule has 0 saturated heterocycles. The van der Waals surface area contributed by atoms with Crippen LogP contribution in [0.15, 0.2) is 66.9 Å². The van der Waals surface area contributed by atoms with E-state index in [1.807, 2.05) is 0 Å². The molecule has 0 radical (unpaired) electrons. The smallest absolute Gasteiger partial charge is 0.375 e. The van der Waals surface area contributed by atoms with Crippen LogP contribution in [0.5, 0.6) is 0 Å². The summed E-state index contributed by atoms with van der Waals surface area (Å²) in [6.45, 7) is -3.68. The number of nitrogens with zero attached hydrogens (tertiary/aromatic N) is 2. The van der Waals surface area contributed by atoms with Crippen molar-refractivity contribution >= 4 is 45.8 Å². The number of hydrogen-bond donors (Lipinski definition) is 3. The van der Waals surface area contributed by atoms with Crippen molar-refractivity contribution in [1.82, 2.24) is 10.3 Å². The highest BCUT2D eigenvalue weighted by Crippen LogP contribution is 2.49. The topological polar surface area (TPSA) is 94.6 Å². The monoisotopic (exact) mass is 558 g/mol. The average Bonchev–Trinajstić information content (AvgIpc) is 3.35. The van der Waals surface area contributed by atoms with Crippen molar-refractivity contribution in [1.29, 1.82) is 0 Å². The maximum Gasteiger partial charge on any atom is 0.423 e. The van der Waals surface area contributed by atoms with Crippen molar-refractivity contribution in [2.24, 2.45) is 0 Å². The Morgan fingerprint density at radius 3 is 2.74 bits per heavy atom. The van der Waals surface area contributed by atoms with Crippen LogP contribution >= 0.6 is 11.6 Å². The lowest BCUT2D eigenvalue weighted by atomic mass is 9.93. The van der Waals surface area contributed by atoms with Crippen LogP contribution < -0.4 is 15.5 Å². The summed E-state index contributed by atoms with van der Waals surface area (Å²) in [5.41, 5.74) is -4.96. The molecule has 1 aromatic heterocycles. The molecule has 3 aromatic carbocycles. The summed E-state index contributed by atoms with van der Waals surface area (Å²) in [7, 11) is 0. The van der Waals surface area contributed by atoms with Gasteiger partial charge in [-0.2, -0.15) is 13.2 Å². The summed E-state index contributed by atoms with van der Waals surface area (Å²) in [4.78, 5) is 31.3. The molecule has 2 aliphatic heterocycles. The molecule has 2 unspecified atom stereocenters. The molecule has 0 aliphatic carbocycles. The summed E-state index contributed by atoms with van der Waals surface area (Å²) in [5.74, 6) is -1.26. The van der Waals surface area contributed by atoms with Crippen LogP contribution in [0.3, 0.4) is 0 Å². The molecule has 2 atom stereocenters. The van der Waals surface area contributed by atoms with Gasteiger partial charge in [0, 0.05) is 33.3 Å². The van der Waals surface area contributed by atoms with Gasteiger partial charge in [0.05, 0.1) is 37.7 Å². The largest absolute Gasteiger partial charge is 0.423 e. The van der Waals surface area contributed by atoms with Gasteiger partial charge in [0.1, 0.15) is 5.82 Å². The lowest BCUT2D eigenvalue weighted by molar-refractivity contribution is -0.258. The summed E-state index contributed by atoms with van der Waals surface area (Å²) in [5, 5.41) is 16.3. The number of benzene rings is 3. The quantitative estimate of drug-likeness (QED) is 0.277. The highest BCUT2D eigenvalue weighted by atomic mass is 35.5. The molecule has 0 bridgehead atoms. The predicted octanol–water partition coefficient (Wildman–Crippen LogP) is 5.66. The molecule has 3 amide bonds. The number of anilines is 2. The minimum absolute atomic E-state index is 0.0628. The number of halogens is 5. The Kier molecular flexibility index (Phi) is 5.04. The maximum atomic E-state index is 14.2. The van der Waals surface area contributed by atoms with E-state index in [1.54, 1.807) is 12.1 Å². The number of β-amino-alcohol motifs (C(OH)–C–C–N with tert-alkyl or cyclic N) is 1. The fourth-order valence-electron chi connectivity index (χ4n) is 4.93. The molecule has 7 nitrogen and oxygen atoms in total. The molecule has 3 N–H and O–H groups in total. The molecular formula is C27H17ClF4N4O3. The molecular weight excluding hydrogens is 540 g/mol. The number of para-hydroxylation sites is 1. The Bertz CT molecular complexity index is 1790. The number of fused-ring (bicyclic) bond motifs is 4. The van der Waals surface area contributed by atoms with E-state index < -0.39 is 53.3 Å². The summed E-state index contributed by atoms with van der Waals surface area (Å²) >= 11 is 6.33. The number of aliphatic hydroxyl groups is 1. The van der Waals surface area contributed by atoms with Crippen LogP contribution in [0.25, 0.3) is 10.9 Å². The Labute approximate surface area is 225 Å². The fraction of sp³-hybridized carbons (Fsp3) is 0.148. The number of carbonyl (C=O) groups excluding carboxylic acids is 2. The maximum absolute atomic E-state index is 14.2. The summed E-state index contributed by atoms with van der Waals surface area (Å²) in [6, 6.07) is 10.00. The molecule has 0 spiro atoms. The number of urea groups is 1. The highest BCUT2D eigenvalue weighted by molar-refractivity contribution is 6.31. The third kappa shape index (κ3) is 3.80. The molecule has 198 valence electrons. The Balaban J connectivity index is 1.53. The van der Waals surface area contributed by atoms with E-state index >= 15 is 0 Å². The third-order valence-electron chi connectivity index (χ3n) is 6.67. The lowest BCUT2D eigenvalue weighted by Crippen LogP contribution is -2.48. The third-order valence-corrected chi connectivity index (χ3v) is 7.02. The van der Waals surface area contributed by atoms with Gasteiger partial charge < -0.3 is 15.7 Å². The van der Waals surface area contributed by atoms with Crippen LogP contribution in [0, 0.1) is 5.82 Å². The zero-order valence-corrected chi connectivity index (χ0v) is 20.2. The minimum atomic E-state index is -5.49. The number of pyridine rings is 1. The zero-order chi connectivity index (χ0) is 29.5. The van der Waals surface area contributed by atoms with Gasteiger partial charge in [-0.3, -0.25) is 14.7 Å². The van der Waals surface area contributed by atoms with Gasteiger partial charge in [0.15, 0.2) is 0 Å². The van der Waals surface area contributed by atoms with Gasteiger partial charge in [-0.05, 0) is 36.4 Å². The first-order chi connectivity index (χ1) is 19.3. The number of aromatic nitrogens is 1. The second-order valence-electron chi connectivity index (χ2n) is 8.96. The molecule has 4 aromatic rings. The van der Waals surface area contributed by atoms with Crippen LogP contribution in [-0.2, 0) is 5.60 Å².